The SMILES string of the molecule is Cc1noc(C)c1CNCc1cccc(S(N)(=O)=O)c1. The minimum absolute atomic E-state index is 0.120. The first-order valence-corrected chi connectivity index (χ1v) is 7.67. The number of aryl methyl sites for hydroxylation is 2. The van der Waals surface area contributed by atoms with Crippen molar-refractivity contribution in [2.45, 2.75) is 31.8 Å². The molecule has 0 radical (unpaired) electrons. The molecule has 0 atom stereocenters. The zero-order valence-corrected chi connectivity index (χ0v) is 12.2. The van der Waals surface area contributed by atoms with Crippen LogP contribution in [0.3, 0.4) is 0 Å². The highest BCUT2D eigenvalue weighted by atomic mass is 32.2. The molecule has 108 valence electrons. The summed E-state index contributed by atoms with van der Waals surface area (Å²) < 4.78 is 27.6. The maximum absolute atomic E-state index is 11.3. The number of rotatable bonds is 5. The second-order valence-corrected chi connectivity index (χ2v) is 6.16. The Morgan fingerprint density at radius 3 is 2.65 bits per heavy atom. The summed E-state index contributed by atoms with van der Waals surface area (Å²) in [6.07, 6.45) is 0. The van der Waals surface area contributed by atoms with Gasteiger partial charge in [0.1, 0.15) is 5.76 Å². The van der Waals surface area contributed by atoms with E-state index in [0.717, 1.165) is 22.6 Å². The van der Waals surface area contributed by atoms with E-state index in [1.807, 2.05) is 19.9 Å². The Kier molecular flexibility index (Phi) is 4.22. The average molecular weight is 295 g/mol. The number of hydrogen-bond donors (Lipinski definition) is 2. The Morgan fingerprint density at radius 1 is 1.30 bits per heavy atom. The molecule has 1 aromatic heterocycles. The topological polar surface area (TPSA) is 98.2 Å². The van der Waals surface area contributed by atoms with E-state index < -0.39 is 10.0 Å². The molecule has 1 heterocycles. The molecule has 0 saturated heterocycles. The molecule has 0 aliphatic carbocycles. The van der Waals surface area contributed by atoms with Crippen LogP contribution in [0.5, 0.6) is 0 Å². The zero-order valence-electron chi connectivity index (χ0n) is 11.4. The van der Waals surface area contributed by atoms with Gasteiger partial charge in [0.15, 0.2) is 0 Å². The van der Waals surface area contributed by atoms with Gasteiger partial charge in [0, 0.05) is 18.7 Å². The third kappa shape index (κ3) is 3.44. The van der Waals surface area contributed by atoms with Gasteiger partial charge in [-0.25, -0.2) is 13.6 Å². The molecule has 2 rings (SSSR count). The second-order valence-electron chi connectivity index (χ2n) is 4.60. The van der Waals surface area contributed by atoms with Crippen LogP contribution in [0.15, 0.2) is 33.7 Å². The van der Waals surface area contributed by atoms with Crippen molar-refractivity contribution in [3.63, 3.8) is 0 Å². The number of nitrogens with two attached hydrogens (primary N) is 1. The Morgan fingerprint density at radius 2 is 2.05 bits per heavy atom. The van der Waals surface area contributed by atoms with E-state index in [1.165, 1.54) is 6.07 Å². The van der Waals surface area contributed by atoms with Crippen molar-refractivity contribution in [3.8, 4) is 0 Å². The maximum Gasteiger partial charge on any atom is 0.238 e. The van der Waals surface area contributed by atoms with Crippen molar-refractivity contribution >= 4 is 10.0 Å². The van der Waals surface area contributed by atoms with Gasteiger partial charge in [-0.2, -0.15) is 0 Å². The third-order valence-electron chi connectivity index (χ3n) is 3.04. The summed E-state index contributed by atoms with van der Waals surface area (Å²) >= 11 is 0. The minimum Gasteiger partial charge on any atom is -0.361 e. The number of aromatic nitrogens is 1. The summed E-state index contributed by atoms with van der Waals surface area (Å²) in [6, 6.07) is 6.56. The monoisotopic (exact) mass is 295 g/mol. The Hall–Kier alpha value is -1.70. The highest BCUT2D eigenvalue weighted by Gasteiger charge is 2.09. The normalized spacial score (nSPS) is 11.8. The fourth-order valence-corrected chi connectivity index (χ4v) is 2.50. The lowest BCUT2D eigenvalue weighted by Gasteiger charge is -2.06. The number of benzene rings is 1. The van der Waals surface area contributed by atoms with Crippen molar-refractivity contribution in [3.05, 3.63) is 46.8 Å². The van der Waals surface area contributed by atoms with E-state index in [1.54, 1.807) is 12.1 Å². The van der Waals surface area contributed by atoms with Crippen molar-refractivity contribution in [2.75, 3.05) is 0 Å². The van der Waals surface area contributed by atoms with Crippen LogP contribution in [-0.4, -0.2) is 13.6 Å². The van der Waals surface area contributed by atoms with Gasteiger partial charge in [0.25, 0.3) is 0 Å². The molecule has 0 amide bonds. The lowest BCUT2D eigenvalue weighted by molar-refractivity contribution is 0.392. The standard InChI is InChI=1S/C13H17N3O3S/c1-9-13(10(2)19-16-9)8-15-7-11-4-3-5-12(6-11)20(14,17)18/h3-6,15H,7-8H2,1-2H3,(H2,14,17,18). The number of primary sulfonamides is 1. The molecule has 0 aliphatic heterocycles. The van der Waals surface area contributed by atoms with E-state index in [9.17, 15) is 8.42 Å². The fraction of sp³-hybridized carbons (Fsp3) is 0.308. The first kappa shape index (κ1) is 14.7. The maximum atomic E-state index is 11.3. The van der Waals surface area contributed by atoms with Crippen LogP contribution >= 0.6 is 0 Å². The van der Waals surface area contributed by atoms with Gasteiger partial charge in [0.05, 0.1) is 10.6 Å². The van der Waals surface area contributed by atoms with Gasteiger partial charge >= 0.3 is 0 Å². The van der Waals surface area contributed by atoms with Gasteiger partial charge in [0.2, 0.25) is 10.0 Å². The van der Waals surface area contributed by atoms with E-state index in [-0.39, 0.29) is 4.90 Å². The van der Waals surface area contributed by atoms with Crippen LogP contribution in [-0.2, 0) is 23.1 Å². The molecule has 1 aromatic carbocycles. The Labute approximate surface area is 118 Å². The lowest BCUT2D eigenvalue weighted by atomic mass is 10.2. The summed E-state index contributed by atoms with van der Waals surface area (Å²) in [4.78, 5) is 0.120. The van der Waals surface area contributed by atoms with Gasteiger partial charge in [-0.05, 0) is 31.5 Å². The van der Waals surface area contributed by atoms with Crippen LogP contribution < -0.4 is 10.5 Å². The largest absolute Gasteiger partial charge is 0.361 e. The van der Waals surface area contributed by atoms with Gasteiger partial charge < -0.3 is 9.84 Å². The van der Waals surface area contributed by atoms with Crippen molar-refractivity contribution < 1.29 is 12.9 Å². The van der Waals surface area contributed by atoms with E-state index in [4.69, 9.17) is 9.66 Å². The average Bonchev–Trinajstić information content (AvgIpc) is 2.70. The highest BCUT2D eigenvalue weighted by molar-refractivity contribution is 7.89. The fourth-order valence-electron chi connectivity index (χ4n) is 1.92. The summed E-state index contributed by atoms with van der Waals surface area (Å²) in [5, 5.41) is 12.2. The van der Waals surface area contributed by atoms with Crippen molar-refractivity contribution in [2.24, 2.45) is 5.14 Å². The lowest BCUT2D eigenvalue weighted by Crippen LogP contribution is -2.15. The predicted octanol–water partition coefficient (Wildman–Crippen LogP) is 1.23. The Bertz CT molecular complexity index is 688. The first-order chi connectivity index (χ1) is 9.38. The molecule has 0 bridgehead atoms. The van der Waals surface area contributed by atoms with Gasteiger partial charge in [-0.1, -0.05) is 17.3 Å². The second kappa shape index (κ2) is 5.74. The Balaban J connectivity index is 2.02. The summed E-state index contributed by atoms with van der Waals surface area (Å²) in [7, 11) is -3.66. The predicted molar refractivity (Wildman–Crippen MR) is 74.3 cm³/mol. The van der Waals surface area contributed by atoms with Crippen LogP contribution in [0, 0.1) is 13.8 Å². The summed E-state index contributed by atoms with van der Waals surface area (Å²) in [5.41, 5.74) is 2.73. The third-order valence-corrected chi connectivity index (χ3v) is 3.95. The minimum atomic E-state index is -3.66. The van der Waals surface area contributed by atoms with Crippen LogP contribution in [0.25, 0.3) is 0 Å². The van der Waals surface area contributed by atoms with Crippen molar-refractivity contribution in [1.29, 1.82) is 0 Å². The number of nitrogens with one attached hydrogen (secondary N) is 1. The van der Waals surface area contributed by atoms with Crippen LogP contribution in [0.1, 0.15) is 22.6 Å². The molecule has 20 heavy (non-hydrogen) atoms. The molecule has 3 N–H and O–H groups in total. The highest BCUT2D eigenvalue weighted by Crippen LogP contribution is 2.13. The molecule has 6 nitrogen and oxygen atoms in total. The van der Waals surface area contributed by atoms with Gasteiger partial charge in [-0.15, -0.1) is 0 Å². The quantitative estimate of drug-likeness (QED) is 0.864. The smallest absolute Gasteiger partial charge is 0.238 e. The van der Waals surface area contributed by atoms with E-state index in [2.05, 4.69) is 10.5 Å². The molecular formula is C13H17N3O3S. The molecule has 7 heteroatoms. The number of sulfonamides is 1. The number of hydrogen-bond acceptors (Lipinski definition) is 5. The number of nitrogens with zero attached hydrogens (tertiary/aromatic N) is 1. The van der Waals surface area contributed by atoms with E-state index >= 15 is 0 Å². The van der Waals surface area contributed by atoms with Crippen LogP contribution in [0.2, 0.25) is 0 Å². The zero-order chi connectivity index (χ0) is 14.8. The molecule has 2 aromatic rings. The molecule has 0 unspecified atom stereocenters. The summed E-state index contributed by atoms with van der Waals surface area (Å²) in [5.74, 6) is 0.785. The van der Waals surface area contributed by atoms with Crippen LogP contribution in [0.4, 0.5) is 0 Å². The molecule has 0 spiro atoms. The summed E-state index contributed by atoms with van der Waals surface area (Å²) in [6.45, 7) is 4.89. The van der Waals surface area contributed by atoms with Gasteiger partial charge in [-0.3, -0.25) is 0 Å². The molecule has 0 fully saturated rings. The molecular weight excluding hydrogens is 278 g/mol. The van der Waals surface area contributed by atoms with E-state index in [0.29, 0.717) is 13.1 Å². The van der Waals surface area contributed by atoms with Crippen molar-refractivity contribution in [1.82, 2.24) is 10.5 Å². The molecule has 0 saturated carbocycles. The first-order valence-electron chi connectivity index (χ1n) is 6.12. The molecule has 0 aliphatic rings.